The number of hydrogen-bond acceptors (Lipinski definition) is 3. The lowest BCUT2D eigenvalue weighted by atomic mass is 10.1. The lowest BCUT2D eigenvalue weighted by Gasteiger charge is -2.19. The Morgan fingerprint density at radius 1 is 1.33 bits per heavy atom. The first-order chi connectivity index (χ1) is 9.97. The molecule has 1 atom stereocenters. The third-order valence-electron chi connectivity index (χ3n) is 3.27. The van der Waals surface area contributed by atoms with E-state index in [4.69, 9.17) is 4.42 Å². The summed E-state index contributed by atoms with van der Waals surface area (Å²) in [5, 5.41) is 6.12. The summed E-state index contributed by atoms with van der Waals surface area (Å²) < 4.78 is 6.23. The third kappa shape index (κ3) is 4.11. The molecule has 5 heteroatoms. The van der Waals surface area contributed by atoms with Crippen LogP contribution >= 0.6 is 15.9 Å². The van der Waals surface area contributed by atoms with Crippen LogP contribution in [-0.4, -0.2) is 11.9 Å². The van der Waals surface area contributed by atoms with Crippen LogP contribution in [0.15, 0.2) is 39.4 Å². The molecule has 0 aliphatic rings. The molecule has 2 N–H and O–H groups in total. The summed E-state index contributed by atoms with van der Waals surface area (Å²) >= 11 is 3.47. The van der Waals surface area contributed by atoms with E-state index in [1.807, 2.05) is 39.0 Å². The van der Waals surface area contributed by atoms with E-state index in [1.165, 1.54) is 0 Å². The van der Waals surface area contributed by atoms with Gasteiger partial charge in [0, 0.05) is 10.2 Å². The monoisotopic (exact) mass is 350 g/mol. The number of hydrogen-bond donors (Lipinski definition) is 2. The highest BCUT2D eigenvalue weighted by Crippen LogP contribution is 2.25. The molecule has 0 bridgehead atoms. The van der Waals surface area contributed by atoms with Crippen LogP contribution < -0.4 is 10.6 Å². The molecule has 1 amide bonds. The van der Waals surface area contributed by atoms with Crippen LogP contribution in [0.2, 0.25) is 0 Å². The summed E-state index contributed by atoms with van der Waals surface area (Å²) in [5.41, 5.74) is 3.21. The van der Waals surface area contributed by atoms with E-state index >= 15 is 0 Å². The molecule has 0 fully saturated rings. The average molecular weight is 351 g/mol. The fourth-order valence-corrected chi connectivity index (χ4v) is 2.85. The Bertz CT molecular complexity index is 600. The van der Waals surface area contributed by atoms with Gasteiger partial charge >= 0.3 is 0 Å². The normalized spacial score (nSPS) is 12.0. The summed E-state index contributed by atoms with van der Waals surface area (Å²) in [6.07, 6.45) is 1.59. The highest BCUT2D eigenvalue weighted by molar-refractivity contribution is 9.10. The van der Waals surface area contributed by atoms with Gasteiger partial charge in [-0.15, -0.1) is 0 Å². The minimum atomic E-state index is -0.321. The summed E-state index contributed by atoms with van der Waals surface area (Å²) in [7, 11) is 0. The lowest BCUT2D eigenvalue weighted by Crippen LogP contribution is -2.37. The lowest BCUT2D eigenvalue weighted by molar-refractivity contribution is -0.121. The highest BCUT2D eigenvalue weighted by atomic mass is 79.9. The Morgan fingerprint density at radius 3 is 2.57 bits per heavy atom. The quantitative estimate of drug-likeness (QED) is 0.862. The summed E-state index contributed by atoms with van der Waals surface area (Å²) in [6.45, 7) is 6.29. The minimum absolute atomic E-state index is 0.0619. The van der Waals surface area contributed by atoms with Crippen LogP contribution in [-0.2, 0) is 11.3 Å². The molecule has 112 valence electrons. The van der Waals surface area contributed by atoms with Crippen LogP contribution in [0.5, 0.6) is 0 Å². The van der Waals surface area contributed by atoms with Gasteiger partial charge < -0.3 is 15.1 Å². The topological polar surface area (TPSA) is 54.3 Å². The van der Waals surface area contributed by atoms with Crippen LogP contribution in [0, 0.1) is 13.8 Å². The molecule has 0 radical (unpaired) electrons. The van der Waals surface area contributed by atoms with Crippen molar-refractivity contribution >= 4 is 27.5 Å². The molecule has 4 nitrogen and oxygen atoms in total. The SMILES string of the molecule is Cc1cc(Br)cc(C)c1NC(C)C(=O)NCc1ccco1. The number of carbonyl (C=O) groups is 1. The van der Waals surface area contributed by atoms with E-state index in [9.17, 15) is 4.79 Å². The largest absolute Gasteiger partial charge is 0.467 e. The molecule has 21 heavy (non-hydrogen) atoms. The maximum Gasteiger partial charge on any atom is 0.242 e. The van der Waals surface area contributed by atoms with E-state index in [0.29, 0.717) is 6.54 Å². The van der Waals surface area contributed by atoms with E-state index in [2.05, 4.69) is 26.6 Å². The Morgan fingerprint density at radius 2 is 2.00 bits per heavy atom. The van der Waals surface area contributed by atoms with Gasteiger partial charge in [-0.25, -0.2) is 0 Å². The van der Waals surface area contributed by atoms with Gasteiger partial charge in [-0.3, -0.25) is 4.79 Å². The van der Waals surface area contributed by atoms with Crippen LogP contribution in [0.25, 0.3) is 0 Å². The Balaban J connectivity index is 1.97. The second-order valence-electron chi connectivity index (χ2n) is 5.08. The predicted octanol–water partition coefficient (Wildman–Crippen LogP) is 3.78. The van der Waals surface area contributed by atoms with Gasteiger partial charge in [0.2, 0.25) is 5.91 Å². The molecular formula is C16H19BrN2O2. The number of anilines is 1. The third-order valence-corrected chi connectivity index (χ3v) is 3.73. The van der Waals surface area contributed by atoms with Crippen LogP contribution in [0.3, 0.4) is 0 Å². The van der Waals surface area contributed by atoms with Crippen molar-refractivity contribution < 1.29 is 9.21 Å². The van der Waals surface area contributed by atoms with Gasteiger partial charge in [0.25, 0.3) is 0 Å². The number of benzene rings is 1. The standard InChI is InChI=1S/C16H19BrN2O2/c1-10-7-13(17)8-11(2)15(10)19-12(3)16(20)18-9-14-5-4-6-21-14/h4-8,12,19H,9H2,1-3H3,(H,18,20). The highest BCUT2D eigenvalue weighted by Gasteiger charge is 2.15. The molecule has 1 heterocycles. The van der Waals surface area contributed by atoms with Crippen molar-refractivity contribution in [3.63, 3.8) is 0 Å². The van der Waals surface area contributed by atoms with Gasteiger partial charge in [-0.2, -0.15) is 0 Å². The van der Waals surface area contributed by atoms with Crippen molar-refractivity contribution in [2.75, 3.05) is 5.32 Å². The second-order valence-corrected chi connectivity index (χ2v) is 5.99. The van der Waals surface area contributed by atoms with Crippen molar-refractivity contribution in [1.82, 2.24) is 5.32 Å². The molecule has 0 aliphatic heterocycles. The molecule has 0 aliphatic carbocycles. The maximum atomic E-state index is 12.1. The number of aryl methyl sites for hydroxylation is 2. The zero-order valence-electron chi connectivity index (χ0n) is 12.4. The van der Waals surface area contributed by atoms with Crippen molar-refractivity contribution in [3.8, 4) is 0 Å². The zero-order valence-corrected chi connectivity index (χ0v) is 14.0. The Kier molecular flexibility index (Phi) is 5.07. The zero-order chi connectivity index (χ0) is 15.4. The van der Waals surface area contributed by atoms with Gasteiger partial charge in [-0.05, 0) is 56.2 Å². The minimum Gasteiger partial charge on any atom is -0.467 e. The fourth-order valence-electron chi connectivity index (χ4n) is 2.16. The first-order valence-electron chi connectivity index (χ1n) is 6.80. The average Bonchev–Trinajstić information content (AvgIpc) is 2.93. The predicted molar refractivity (Wildman–Crippen MR) is 87.3 cm³/mol. The van der Waals surface area contributed by atoms with Crippen molar-refractivity contribution in [2.45, 2.75) is 33.4 Å². The van der Waals surface area contributed by atoms with Gasteiger partial charge in [-0.1, -0.05) is 15.9 Å². The first kappa shape index (κ1) is 15.6. The van der Waals surface area contributed by atoms with E-state index in [0.717, 1.165) is 27.0 Å². The fraction of sp³-hybridized carbons (Fsp3) is 0.312. The van der Waals surface area contributed by atoms with Crippen molar-refractivity contribution in [1.29, 1.82) is 0 Å². The molecule has 1 aromatic carbocycles. The molecule has 0 saturated carbocycles. The summed E-state index contributed by atoms with van der Waals surface area (Å²) in [6, 6.07) is 7.38. The number of halogens is 1. The first-order valence-corrected chi connectivity index (χ1v) is 7.60. The van der Waals surface area contributed by atoms with Gasteiger partial charge in [0.05, 0.1) is 12.8 Å². The van der Waals surface area contributed by atoms with Crippen molar-refractivity contribution in [2.24, 2.45) is 0 Å². The number of amides is 1. The van der Waals surface area contributed by atoms with Crippen LogP contribution in [0.4, 0.5) is 5.69 Å². The van der Waals surface area contributed by atoms with Gasteiger partial charge in [0.1, 0.15) is 11.8 Å². The molecule has 1 unspecified atom stereocenters. The molecule has 2 aromatic rings. The summed E-state index contributed by atoms with van der Waals surface area (Å²) in [5.74, 6) is 0.680. The Hall–Kier alpha value is -1.75. The van der Waals surface area contributed by atoms with Crippen molar-refractivity contribution in [3.05, 3.63) is 51.9 Å². The number of rotatable bonds is 5. The molecule has 1 aromatic heterocycles. The maximum absolute atomic E-state index is 12.1. The molecular weight excluding hydrogens is 332 g/mol. The number of furan rings is 1. The van der Waals surface area contributed by atoms with Crippen LogP contribution in [0.1, 0.15) is 23.8 Å². The van der Waals surface area contributed by atoms with E-state index in [-0.39, 0.29) is 11.9 Å². The van der Waals surface area contributed by atoms with E-state index in [1.54, 1.807) is 12.3 Å². The van der Waals surface area contributed by atoms with Gasteiger partial charge in [0.15, 0.2) is 0 Å². The smallest absolute Gasteiger partial charge is 0.242 e. The van der Waals surface area contributed by atoms with E-state index < -0.39 is 0 Å². The molecule has 2 rings (SSSR count). The second kappa shape index (κ2) is 6.80. The molecule has 0 spiro atoms. The number of nitrogens with one attached hydrogen (secondary N) is 2. The summed E-state index contributed by atoms with van der Waals surface area (Å²) in [4.78, 5) is 12.1. The Labute approximate surface area is 133 Å². The molecule has 0 saturated heterocycles. The number of carbonyl (C=O) groups excluding carboxylic acids is 1.